The highest BCUT2D eigenvalue weighted by Crippen LogP contribution is 2.16. The molecule has 0 aliphatic rings. The van der Waals surface area contributed by atoms with Gasteiger partial charge in [-0.2, -0.15) is 0 Å². The number of nitrogens with one attached hydrogen (secondary N) is 1. The zero-order valence-electron chi connectivity index (χ0n) is 13.5. The molecular formula is C17H32N2. The molecule has 0 saturated carbocycles. The lowest BCUT2D eigenvalue weighted by Gasteiger charge is -2.16. The Bertz CT molecular complexity index is 300. The third-order valence-corrected chi connectivity index (χ3v) is 3.12. The highest BCUT2D eigenvalue weighted by Gasteiger charge is 2.07. The van der Waals surface area contributed by atoms with Crippen molar-refractivity contribution < 1.29 is 0 Å². The normalized spacial score (nSPS) is 14.6. The van der Waals surface area contributed by atoms with Gasteiger partial charge in [-0.1, -0.05) is 39.3 Å². The lowest BCUT2D eigenvalue weighted by atomic mass is 10.00. The quantitative estimate of drug-likeness (QED) is 0.447. The van der Waals surface area contributed by atoms with Gasteiger partial charge in [-0.15, -0.1) is 0 Å². The average Bonchev–Trinajstić information content (AvgIpc) is 2.39. The van der Waals surface area contributed by atoms with Crippen LogP contribution in [0.15, 0.2) is 28.4 Å². The minimum Gasteiger partial charge on any atom is -0.387 e. The number of hydrogen-bond acceptors (Lipinski definition) is 2. The van der Waals surface area contributed by atoms with Crippen molar-refractivity contribution in [1.29, 1.82) is 0 Å². The topological polar surface area (TPSA) is 24.4 Å². The van der Waals surface area contributed by atoms with Gasteiger partial charge in [0.2, 0.25) is 0 Å². The molecule has 0 heterocycles. The van der Waals surface area contributed by atoms with E-state index in [2.05, 4.69) is 63.8 Å². The first kappa shape index (κ1) is 17.9. The van der Waals surface area contributed by atoms with Crippen LogP contribution >= 0.6 is 0 Å². The van der Waals surface area contributed by atoms with Gasteiger partial charge in [0.1, 0.15) is 0 Å². The monoisotopic (exact) mass is 264 g/mol. The molecule has 0 spiro atoms. The van der Waals surface area contributed by atoms with Crippen molar-refractivity contribution in [3.05, 3.63) is 23.4 Å². The SMILES string of the molecule is C=NC(C)/C(=C\C(=C/CC)CCC(C)C)NCCC. The Labute approximate surface area is 120 Å². The summed E-state index contributed by atoms with van der Waals surface area (Å²) >= 11 is 0. The van der Waals surface area contributed by atoms with Crippen LogP contribution in [-0.4, -0.2) is 19.3 Å². The van der Waals surface area contributed by atoms with Gasteiger partial charge >= 0.3 is 0 Å². The summed E-state index contributed by atoms with van der Waals surface area (Å²) in [4.78, 5) is 4.14. The first-order valence-corrected chi connectivity index (χ1v) is 7.65. The van der Waals surface area contributed by atoms with Gasteiger partial charge in [-0.3, -0.25) is 4.99 Å². The molecule has 2 heteroatoms. The number of nitrogens with zero attached hydrogens (tertiary/aromatic N) is 1. The smallest absolute Gasteiger partial charge is 0.0859 e. The third-order valence-electron chi connectivity index (χ3n) is 3.12. The molecule has 0 saturated heterocycles. The number of hydrogen-bond donors (Lipinski definition) is 1. The fourth-order valence-corrected chi connectivity index (χ4v) is 1.84. The first-order valence-electron chi connectivity index (χ1n) is 7.65. The predicted octanol–water partition coefficient (Wildman–Crippen LogP) is 4.73. The molecule has 0 amide bonds. The van der Waals surface area contributed by atoms with Crippen molar-refractivity contribution in [2.24, 2.45) is 10.9 Å². The molecule has 0 bridgehead atoms. The van der Waals surface area contributed by atoms with Crippen molar-refractivity contribution in [1.82, 2.24) is 5.32 Å². The zero-order chi connectivity index (χ0) is 14.7. The Balaban J connectivity index is 4.87. The summed E-state index contributed by atoms with van der Waals surface area (Å²) in [6, 6.07) is 0.144. The first-order chi connectivity index (χ1) is 9.04. The minimum absolute atomic E-state index is 0.144. The summed E-state index contributed by atoms with van der Waals surface area (Å²) in [5, 5.41) is 3.48. The van der Waals surface area contributed by atoms with Crippen LogP contribution in [0.1, 0.15) is 60.3 Å². The van der Waals surface area contributed by atoms with Crippen LogP contribution < -0.4 is 5.32 Å². The second kappa shape index (κ2) is 10.8. The molecule has 0 aliphatic carbocycles. The molecular weight excluding hydrogens is 232 g/mol. The van der Waals surface area contributed by atoms with Gasteiger partial charge in [0.15, 0.2) is 0 Å². The van der Waals surface area contributed by atoms with Gasteiger partial charge < -0.3 is 5.32 Å². The molecule has 0 aromatic carbocycles. The van der Waals surface area contributed by atoms with Crippen LogP contribution in [-0.2, 0) is 0 Å². The average molecular weight is 264 g/mol. The molecule has 0 aromatic rings. The number of rotatable bonds is 10. The van der Waals surface area contributed by atoms with Crippen molar-refractivity contribution >= 4 is 6.72 Å². The highest BCUT2D eigenvalue weighted by atomic mass is 14.9. The Hall–Kier alpha value is -1.05. The van der Waals surface area contributed by atoms with E-state index >= 15 is 0 Å². The van der Waals surface area contributed by atoms with E-state index in [1.165, 1.54) is 17.7 Å². The van der Waals surface area contributed by atoms with E-state index in [0.29, 0.717) is 0 Å². The number of aliphatic imine (C=N–C) groups is 1. The summed E-state index contributed by atoms with van der Waals surface area (Å²) in [7, 11) is 0. The van der Waals surface area contributed by atoms with E-state index < -0.39 is 0 Å². The van der Waals surface area contributed by atoms with Gasteiger partial charge in [-0.05, 0) is 51.3 Å². The molecule has 0 aromatic heterocycles. The van der Waals surface area contributed by atoms with Crippen LogP contribution in [0.5, 0.6) is 0 Å². The number of allylic oxidation sites excluding steroid dienone is 3. The van der Waals surface area contributed by atoms with Crippen LogP contribution in [0.4, 0.5) is 0 Å². The van der Waals surface area contributed by atoms with Gasteiger partial charge in [-0.25, -0.2) is 0 Å². The van der Waals surface area contributed by atoms with E-state index in [1.807, 2.05) is 0 Å². The largest absolute Gasteiger partial charge is 0.387 e. The molecule has 0 fully saturated rings. The van der Waals surface area contributed by atoms with Crippen LogP contribution in [0.25, 0.3) is 0 Å². The lowest BCUT2D eigenvalue weighted by Crippen LogP contribution is -2.22. The zero-order valence-corrected chi connectivity index (χ0v) is 13.5. The van der Waals surface area contributed by atoms with E-state index in [1.54, 1.807) is 0 Å². The molecule has 0 radical (unpaired) electrons. The fraction of sp³-hybridized carbons (Fsp3) is 0.706. The van der Waals surface area contributed by atoms with E-state index in [4.69, 9.17) is 0 Å². The summed E-state index contributed by atoms with van der Waals surface area (Å²) < 4.78 is 0. The summed E-state index contributed by atoms with van der Waals surface area (Å²) in [5.41, 5.74) is 2.62. The van der Waals surface area contributed by atoms with E-state index in [0.717, 1.165) is 31.7 Å². The van der Waals surface area contributed by atoms with Crippen molar-refractivity contribution in [3.63, 3.8) is 0 Å². The predicted molar refractivity (Wildman–Crippen MR) is 87.8 cm³/mol. The van der Waals surface area contributed by atoms with Crippen molar-refractivity contribution in [3.8, 4) is 0 Å². The molecule has 1 N–H and O–H groups in total. The minimum atomic E-state index is 0.144. The van der Waals surface area contributed by atoms with Crippen LogP contribution in [0.3, 0.4) is 0 Å². The Kier molecular flexibility index (Phi) is 10.2. The van der Waals surface area contributed by atoms with Crippen LogP contribution in [0, 0.1) is 5.92 Å². The molecule has 1 unspecified atom stereocenters. The van der Waals surface area contributed by atoms with Gasteiger partial charge in [0, 0.05) is 12.2 Å². The maximum Gasteiger partial charge on any atom is 0.0859 e. The Morgan fingerprint density at radius 2 is 1.95 bits per heavy atom. The summed E-state index contributed by atoms with van der Waals surface area (Å²) in [6.07, 6.45) is 9.19. The maximum atomic E-state index is 4.14. The summed E-state index contributed by atoms with van der Waals surface area (Å²) in [5.74, 6) is 0.746. The van der Waals surface area contributed by atoms with E-state index in [9.17, 15) is 0 Å². The van der Waals surface area contributed by atoms with Gasteiger partial charge in [0.25, 0.3) is 0 Å². The summed E-state index contributed by atoms with van der Waals surface area (Å²) in [6.45, 7) is 15.7. The molecule has 19 heavy (non-hydrogen) atoms. The maximum absolute atomic E-state index is 4.14. The highest BCUT2D eigenvalue weighted by molar-refractivity contribution is 5.30. The Morgan fingerprint density at radius 3 is 2.42 bits per heavy atom. The fourth-order valence-electron chi connectivity index (χ4n) is 1.84. The molecule has 2 nitrogen and oxygen atoms in total. The molecule has 1 atom stereocenters. The standard InChI is InChI=1S/C17H32N2/c1-7-9-16(11-10-14(3)4)13-17(15(5)18-6)19-12-8-2/h9,13-15,19H,6-8,10-12H2,1-5H3/b16-9-,17-13+. The molecule has 0 rings (SSSR count). The second-order valence-electron chi connectivity index (χ2n) is 5.50. The van der Waals surface area contributed by atoms with Crippen molar-refractivity contribution in [2.45, 2.75) is 66.3 Å². The molecule has 110 valence electrons. The van der Waals surface area contributed by atoms with E-state index in [-0.39, 0.29) is 6.04 Å². The second-order valence-corrected chi connectivity index (χ2v) is 5.50. The van der Waals surface area contributed by atoms with Crippen molar-refractivity contribution in [2.75, 3.05) is 6.54 Å². The lowest BCUT2D eigenvalue weighted by molar-refractivity contribution is 0.586. The third kappa shape index (κ3) is 8.63. The molecule has 0 aliphatic heterocycles. The van der Waals surface area contributed by atoms with Crippen LogP contribution in [0.2, 0.25) is 0 Å². The van der Waals surface area contributed by atoms with Gasteiger partial charge in [0.05, 0.1) is 6.04 Å². The Morgan fingerprint density at radius 1 is 1.26 bits per heavy atom.